The number of thiazole rings is 1. The number of nitrogens with two attached hydrogens (primary N) is 1. The number of anilines is 1. The Morgan fingerprint density at radius 1 is 1.60 bits per heavy atom. The maximum atomic E-state index is 12.8. The van der Waals surface area contributed by atoms with Crippen LogP contribution in [0.3, 0.4) is 0 Å². The Labute approximate surface area is 121 Å². The normalized spacial score (nSPS) is 16.3. The Bertz CT molecular complexity index is 717. The van der Waals surface area contributed by atoms with Gasteiger partial charge in [0.1, 0.15) is 0 Å². The molecule has 1 aliphatic carbocycles. The van der Waals surface area contributed by atoms with Gasteiger partial charge in [-0.15, -0.1) is 11.3 Å². The molecule has 0 bridgehead atoms. The number of rotatable bonds is 6. The number of methoxy groups -OCH3 is 1. The van der Waals surface area contributed by atoms with Crippen LogP contribution in [0.5, 0.6) is 0 Å². The van der Waals surface area contributed by atoms with Gasteiger partial charge in [0, 0.05) is 31.3 Å². The molecule has 2 N–H and O–H groups in total. The molecule has 9 heteroatoms. The summed E-state index contributed by atoms with van der Waals surface area (Å²) in [6, 6.07) is 0.0544. The van der Waals surface area contributed by atoms with Crippen LogP contribution in [0, 0.1) is 0 Å². The maximum Gasteiger partial charge on any atom is 0.263 e. The fourth-order valence-corrected chi connectivity index (χ4v) is 4.82. The molecule has 3 rings (SSSR count). The molecule has 0 aromatic carbocycles. The molecule has 1 saturated carbocycles. The molecule has 0 atom stereocenters. The molecule has 110 valence electrons. The lowest BCUT2D eigenvalue weighted by Crippen LogP contribution is -2.36. The SMILES string of the molecule is COCCN(C1CC1)S(=O)(=O)c1c(N)nc2sccn12. The van der Waals surface area contributed by atoms with E-state index < -0.39 is 10.0 Å². The fourth-order valence-electron chi connectivity index (χ4n) is 2.19. The van der Waals surface area contributed by atoms with Gasteiger partial charge in [0.2, 0.25) is 0 Å². The number of hydrogen-bond donors (Lipinski definition) is 1. The lowest BCUT2D eigenvalue weighted by molar-refractivity contribution is 0.177. The molecule has 2 heterocycles. The van der Waals surface area contributed by atoms with Gasteiger partial charge < -0.3 is 10.5 Å². The molecule has 0 aliphatic heterocycles. The van der Waals surface area contributed by atoms with Crippen LogP contribution in [-0.4, -0.2) is 48.4 Å². The highest BCUT2D eigenvalue weighted by Crippen LogP contribution is 2.34. The fraction of sp³-hybridized carbons (Fsp3) is 0.545. The summed E-state index contributed by atoms with van der Waals surface area (Å²) < 4.78 is 33.7. The maximum absolute atomic E-state index is 12.8. The van der Waals surface area contributed by atoms with E-state index in [9.17, 15) is 8.42 Å². The Morgan fingerprint density at radius 2 is 2.35 bits per heavy atom. The Hall–Kier alpha value is -1.16. The Kier molecular flexibility index (Phi) is 3.44. The number of nitrogens with zero attached hydrogens (tertiary/aromatic N) is 3. The zero-order valence-electron chi connectivity index (χ0n) is 11.0. The van der Waals surface area contributed by atoms with E-state index in [1.807, 2.05) is 0 Å². The van der Waals surface area contributed by atoms with Crippen molar-refractivity contribution in [3.05, 3.63) is 11.6 Å². The van der Waals surface area contributed by atoms with Crippen LogP contribution in [0.2, 0.25) is 0 Å². The lowest BCUT2D eigenvalue weighted by Gasteiger charge is -2.21. The van der Waals surface area contributed by atoms with Crippen LogP contribution in [-0.2, 0) is 14.8 Å². The van der Waals surface area contributed by atoms with Crippen LogP contribution in [0.15, 0.2) is 16.6 Å². The largest absolute Gasteiger partial charge is 0.383 e. The van der Waals surface area contributed by atoms with Gasteiger partial charge in [0.25, 0.3) is 10.0 Å². The van der Waals surface area contributed by atoms with Gasteiger partial charge in [-0.25, -0.2) is 13.4 Å². The van der Waals surface area contributed by atoms with E-state index in [1.165, 1.54) is 20.0 Å². The van der Waals surface area contributed by atoms with E-state index in [-0.39, 0.29) is 16.9 Å². The zero-order chi connectivity index (χ0) is 14.3. The minimum Gasteiger partial charge on any atom is -0.383 e. The van der Waals surface area contributed by atoms with Gasteiger partial charge in [0.05, 0.1) is 6.61 Å². The summed E-state index contributed by atoms with van der Waals surface area (Å²) in [4.78, 5) is 4.69. The van der Waals surface area contributed by atoms with Crippen LogP contribution in [0.1, 0.15) is 12.8 Å². The minimum absolute atomic E-state index is 0.0544. The van der Waals surface area contributed by atoms with Gasteiger partial charge >= 0.3 is 0 Å². The summed E-state index contributed by atoms with van der Waals surface area (Å²) in [5, 5.41) is 1.86. The summed E-state index contributed by atoms with van der Waals surface area (Å²) in [6.07, 6.45) is 3.44. The van der Waals surface area contributed by atoms with Crippen LogP contribution in [0.25, 0.3) is 4.96 Å². The van der Waals surface area contributed by atoms with E-state index in [0.29, 0.717) is 18.1 Å². The first kappa shape index (κ1) is 13.8. The van der Waals surface area contributed by atoms with Gasteiger partial charge in [-0.05, 0) is 12.8 Å². The van der Waals surface area contributed by atoms with Crippen LogP contribution >= 0.6 is 11.3 Å². The summed E-state index contributed by atoms with van der Waals surface area (Å²) >= 11 is 1.36. The monoisotopic (exact) mass is 316 g/mol. The number of sulfonamides is 1. The van der Waals surface area contributed by atoms with Crippen molar-refractivity contribution in [3.8, 4) is 0 Å². The molecule has 0 saturated heterocycles. The number of aromatic nitrogens is 2. The average Bonchev–Trinajstić information content (AvgIpc) is 3.02. The summed E-state index contributed by atoms with van der Waals surface area (Å²) in [5.74, 6) is 0.0555. The van der Waals surface area contributed by atoms with Gasteiger partial charge in [0.15, 0.2) is 15.8 Å². The van der Waals surface area contributed by atoms with Crippen molar-refractivity contribution in [2.24, 2.45) is 0 Å². The van der Waals surface area contributed by atoms with E-state index in [0.717, 1.165) is 12.8 Å². The Balaban J connectivity index is 2.05. The van der Waals surface area contributed by atoms with Crippen molar-refractivity contribution in [2.75, 3.05) is 26.0 Å². The molecule has 0 amide bonds. The van der Waals surface area contributed by atoms with E-state index in [1.54, 1.807) is 18.7 Å². The van der Waals surface area contributed by atoms with Gasteiger partial charge in [-0.2, -0.15) is 4.31 Å². The molecule has 0 spiro atoms. The molecular weight excluding hydrogens is 300 g/mol. The topological polar surface area (TPSA) is 89.9 Å². The van der Waals surface area contributed by atoms with Crippen molar-refractivity contribution in [3.63, 3.8) is 0 Å². The van der Waals surface area contributed by atoms with Gasteiger partial charge in [-0.1, -0.05) is 0 Å². The molecule has 1 aliphatic rings. The molecule has 0 unspecified atom stereocenters. The first-order valence-corrected chi connectivity index (χ1v) is 8.59. The standard InChI is InChI=1S/C11H16N4O3S2/c1-18-6-4-15(8-2-3-8)20(16,17)10-9(12)13-11-14(10)5-7-19-11/h5,7-8H,2-4,6,12H2,1H3. The molecular formula is C11H16N4O3S2. The quantitative estimate of drug-likeness (QED) is 0.850. The summed E-state index contributed by atoms with van der Waals surface area (Å²) in [6.45, 7) is 0.696. The highest BCUT2D eigenvalue weighted by molar-refractivity contribution is 7.89. The van der Waals surface area contributed by atoms with E-state index in [2.05, 4.69) is 4.98 Å². The first-order chi connectivity index (χ1) is 9.55. The van der Waals surface area contributed by atoms with Gasteiger partial charge in [-0.3, -0.25) is 4.40 Å². The van der Waals surface area contributed by atoms with Crippen LogP contribution < -0.4 is 5.73 Å². The molecule has 0 radical (unpaired) electrons. The molecule has 2 aromatic rings. The van der Waals surface area contributed by atoms with Crippen molar-refractivity contribution in [1.82, 2.24) is 13.7 Å². The number of imidazole rings is 1. The number of fused-ring (bicyclic) bond motifs is 1. The Morgan fingerprint density at radius 3 is 3.00 bits per heavy atom. The predicted molar refractivity (Wildman–Crippen MR) is 76.3 cm³/mol. The summed E-state index contributed by atoms with van der Waals surface area (Å²) in [5.41, 5.74) is 5.81. The number of hydrogen-bond acceptors (Lipinski definition) is 6. The van der Waals surface area contributed by atoms with E-state index in [4.69, 9.17) is 10.5 Å². The molecule has 7 nitrogen and oxygen atoms in total. The molecule has 2 aromatic heterocycles. The van der Waals surface area contributed by atoms with Crippen molar-refractivity contribution in [1.29, 1.82) is 0 Å². The first-order valence-electron chi connectivity index (χ1n) is 6.27. The number of ether oxygens (including phenoxy) is 1. The van der Waals surface area contributed by atoms with Crippen LogP contribution in [0.4, 0.5) is 5.82 Å². The number of nitrogen functional groups attached to an aromatic ring is 1. The second-order valence-electron chi connectivity index (χ2n) is 4.70. The highest BCUT2D eigenvalue weighted by Gasteiger charge is 2.40. The predicted octanol–water partition coefficient (Wildman–Crippen LogP) is 0.777. The van der Waals surface area contributed by atoms with Crippen molar-refractivity contribution in [2.45, 2.75) is 23.9 Å². The lowest BCUT2D eigenvalue weighted by atomic mass is 10.6. The van der Waals surface area contributed by atoms with Crippen molar-refractivity contribution >= 4 is 32.1 Å². The smallest absolute Gasteiger partial charge is 0.263 e. The highest BCUT2D eigenvalue weighted by atomic mass is 32.2. The summed E-state index contributed by atoms with van der Waals surface area (Å²) in [7, 11) is -2.10. The third-order valence-electron chi connectivity index (χ3n) is 3.27. The minimum atomic E-state index is -3.66. The van der Waals surface area contributed by atoms with E-state index >= 15 is 0 Å². The second-order valence-corrected chi connectivity index (χ2v) is 7.38. The zero-order valence-corrected chi connectivity index (χ0v) is 12.7. The molecule has 20 heavy (non-hydrogen) atoms. The average molecular weight is 316 g/mol. The molecule has 1 fully saturated rings. The second kappa shape index (κ2) is 4.99. The third-order valence-corrected chi connectivity index (χ3v) is 6.02. The van der Waals surface area contributed by atoms with Crippen molar-refractivity contribution < 1.29 is 13.2 Å². The third kappa shape index (κ3) is 2.20.